The van der Waals surface area contributed by atoms with E-state index in [1.807, 2.05) is 23.1 Å². The molecule has 1 aliphatic carbocycles. The van der Waals surface area contributed by atoms with E-state index in [-0.39, 0.29) is 0 Å². The van der Waals surface area contributed by atoms with Gasteiger partial charge in [-0.1, -0.05) is 30.3 Å². The maximum absolute atomic E-state index is 10.8. The number of carbonyl (C=O) groups excluding carboxylic acids is 1. The van der Waals surface area contributed by atoms with E-state index in [0.717, 1.165) is 31.8 Å². The molecule has 1 saturated carbocycles. The Labute approximate surface area is 90.9 Å². The molecule has 0 radical (unpaired) electrons. The minimum absolute atomic E-state index is 0.783. The lowest BCUT2D eigenvalue weighted by Gasteiger charge is -2.16. The summed E-state index contributed by atoms with van der Waals surface area (Å²) in [6, 6.07) is 10.3. The van der Waals surface area contributed by atoms with Gasteiger partial charge in [0.2, 0.25) is 6.41 Å². The van der Waals surface area contributed by atoms with Gasteiger partial charge in [0.1, 0.15) is 0 Å². The van der Waals surface area contributed by atoms with Crippen LogP contribution < -0.4 is 0 Å². The molecule has 0 heterocycles. The topological polar surface area (TPSA) is 20.3 Å². The molecule has 2 rings (SSSR count). The molecule has 0 unspecified atom stereocenters. The molecular formula is C13H17NO. The molecule has 1 fully saturated rings. The van der Waals surface area contributed by atoms with E-state index in [9.17, 15) is 4.79 Å². The van der Waals surface area contributed by atoms with Crippen molar-refractivity contribution in [2.75, 3.05) is 13.1 Å². The molecule has 80 valence electrons. The lowest BCUT2D eigenvalue weighted by molar-refractivity contribution is -0.118. The maximum atomic E-state index is 10.8. The highest BCUT2D eigenvalue weighted by atomic mass is 16.1. The zero-order chi connectivity index (χ0) is 10.5. The third-order valence-electron chi connectivity index (χ3n) is 2.87. The minimum Gasteiger partial charge on any atom is -0.345 e. The van der Waals surface area contributed by atoms with Crippen LogP contribution in [0, 0.1) is 5.92 Å². The Balaban J connectivity index is 1.77. The molecule has 15 heavy (non-hydrogen) atoms. The fourth-order valence-electron chi connectivity index (χ4n) is 1.74. The Morgan fingerprint density at radius 2 is 2.00 bits per heavy atom. The second-order valence-electron chi connectivity index (χ2n) is 4.28. The molecule has 0 aliphatic heterocycles. The number of benzene rings is 1. The predicted octanol–water partition coefficient (Wildman–Crippen LogP) is 2.10. The van der Waals surface area contributed by atoms with Crippen molar-refractivity contribution in [1.82, 2.24) is 4.90 Å². The highest BCUT2D eigenvalue weighted by Gasteiger charge is 2.23. The summed E-state index contributed by atoms with van der Waals surface area (Å²) in [5.41, 5.74) is 1.31. The van der Waals surface area contributed by atoms with Crippen molar-refractivity contribution in [2.24, 2.45) is 5.92 Å². The number of amides is 1. The summed E-state index contributed by atoms with van der Waals surface area (Å²) in [5.74, 6) is 0.783. The third-order valence-corrected chi connectivity index (χ3v) is 2.87. The molecule has 0 bridgehead atoms. The smallest absolute Gasteiger partial charge is 0.209 e. The molecule has 0 atom stereocenters. The second-order valence-corrected chi connectivity index (χ2v) is 4.28. The van der Waals surface area contributed by atoms with Crippen molar-refractivity contribution >= 4 is 6.41 Å². The van der Waals surface area contributed by atoms with Gasteiger partial charge in [-0.2, -0.15) is 0 Å². The molecule has 1 aliphatic rings. The van der Waals surface area contributed by atoms with E-state index < -0.39 is 0 Å². The van der Waals surface area contributed by atoms with Crippen LogP contribution in [0.2, 0.25) is 0 Å². The van der Waals surface area contributed by atoms with Gasteiger partial charge in [0, 0.05) is 13.1 Å². The molecule has 0 saturated heterocycles. The van der Waals surface area contributed by atoms with Crippen LogP contribution in [0.15, 0.2) is 30.3 Å². The zero-order valence-corrected chi connectivity index (χ0v) is 8.93. The monoisotopic (exact) mass is 203 g/mol. The Kier molecular flexibility index (Phi) is 3.38. The SMILES string of the molecule is O=CN(CCc1ccccc1)CC1CC1. The van der Waals surface area contributed by atoms with E-state index in [0.29, 0.717) is 0 Å². The summed E-state index contributed by atoms with van der Waals surface area (Å²) >= 11 is 0. The quantitative estimate of drug-likeness (QED) is 0.648. The van der Waals surface area contributed by atoms with Gasteiger partial charge >= 0.3 is 0 Å². The predicted molar refractivity (Wildman–Crippen MR) is 60.5 cm³/mol. The van der Waals surface area contributed by atoms with Crippen molar-refractivity contribution in [3.63, 3.8) is 0 Å². The molecule has 0 N–H and O–H groups in total. The summed E-state index contributed by atoms with van der Waals surface area (Å²) < 4.78 is 0. The first-order valence-corrected chi connectivity index (χ1v) is 5.62. The lowest BCUT2D eigenvalue weighted by atomic mass is 10.1. The fourth-order valence-corrected chi connectivity index (χ4v) is 1.74. The fraction of sp³-hybridized carbons (Fsp3) is 0.462. The van der Waals surface area contributed by atoms with E-state index in [2.05, 4.69) is 12.1 Å². The summed E-state index contributed by atoms with van der Waals surface area (Å²) in [6.45, 7) is 1.81. The summed E-state index contributed by atoms with van der Waals surface area (Å²) in [5, 5.41) is 0. The standard InChI is InChI=1S/C13H17NO/c15-11-14(10-13-6-7-13)9-8-12-4-2-1-3-5-12/h1-5,11,13H,6-10H2. The first-order chi connectivity index (χ1) is 7.38. The Morgan fingerprint density at radius 1 is 1.27 bits per heavy atom. The van der Waals surface area contributed by atoms with Crippen molar-refractivity contribution in [3.05, 3.63) is 35.9 Å². The molecule has 2 heteroatoms. The highest BCUT2D eigenvalue weighted by Crippen LogP contribution is 2.29. The van der Waals surface area contributed by atoms with Gasteiger partial charge in [-0.05, 0) is 30.7 Å². The Hall–Kier alpha value is -1.31. The van der Waals surface area contributed by atoms with Crippen LogP contribution in [0.3, 0.4) is 0 Å². The average molecular weight is 203 g/mol. The van der Waals surface area contributed by atoms with E-state index >= 15 is 0 Å². The van der Waals surface area contributed by atoms with Crippen molar-refractivity contribution in [2.45, 2.75) is 19.3 Å². The van der Waals surface area contributed by atoms with Crippen LogP contribution in [0.25, 0.3) is 0 Å². The Morgan fingerprint density at radius 3 is 2.60 bits per heavy atom. The van der Waals surface area contributed by atoms with Gasteiger partial charge in [0.05, 0.1) is 0 Å². The van der Waals surface area contributed by atoms with Gasteiger partial charge in [0.15, 0.2) is 0 Å². The summed E-state index contributed by atoms with van der Waals surface area (Å²) in [7, 11) is 0. The number of rotatable bonds is 6. The van der Waals surface area contributed by atoms with Crippen LogP contribution >= 0.6 is 0 Å². The lowest BCUT2D eigenvalue weighted by Crippen LogP contribution is -2.26. The molecule has 1 aromatic carbocycles. The average Bonchev–Trinajstić information content (AvgIpc) is 3.09. The third kappa shape index (κ3) is 3.39. The van der Waals surface area contributed by atoms with Gasteiger partial charge < -0.3 is 4.90 Å². The maximum Gasteiger partial charge on any atom is 0.209 e. The van der Waals surface area contributed by atoms with Gasteiger partial charge in [-0.15, -0.1) is 0 Å². The number of hydrogen-bond donors (Lipinski definition) is 0. The summed E-state index contributed by atoms with van der Waals surface area (Å²) in [4.78, 5) is 12.7. The first kappa shape index (κ1) is 10.2. The normalized spacial score (nSPS) is 14.9. The molecular weight excluding hydrogens is 186 g/mol. The van der Waals surface area contributed by atoms with Crippen LogP contribution in [-0.4, -0.2) is 24.4 Å². The number of nitrogens with zero attached hydrogens (tertiary/aromatic N) is 1. The largest absolute Gasteiger partial charge is 0.345 e. The second kappa shape index (κ2) is 4.96. The summed E-state index contributed by atoms with van der Waals surface area (Å²) in [6.07, 6.45) is 4.55. The number of hydrogen-bond acceptors (Lipinski definition) is 1. The highest BCUT2D eigenvalue weighted by molar-refractivity contribution is 5.47. The molecule has 0 aromatic heterocycles. The zero-order valence-electron chi connectivity index (χ0n) is 8.93. The number of carbonyl (C=O) groups is 1. The van der Waals surface area contributed by atoms with E-state index in [1.165, 1.54) is 18.4 Å². The van der Waals surface area contributed by atoms with E-state index in [1.54, 1.807) is 0 Å². The first-order valence-electron chi connectivity index (χ1n) is 5.62. The van der Waals surface area contributed by atoms with E-state index in [4.69, 9.17) is 0 Å². The van der Waals surface area contributed by atoms with Gasteiger partial charge in [0.25, 0.3) is 0 Å². The van der Waals surface area contributed by atoms with Gasteiger partial charge in [-0.25, -0.2) is 0 Å². The van der Waals surface area contributed by atoms with Gasteiger partial charge in [-0.3, -0.25) is 4.79 Å². The van der Waals surface area contributed by atoms with Crippen LogP contribution in [0.4, 0.5) is 0 Å². The van der Waals surface area contributed by atoms with Crippen LogP contribution in [0.5, 0.6) is 0 Å². The van der Waals surface area contributed by atoms with Crippen molar-refractivity contribution < 1.29 is 4.79 Å². The Bertz CT molecular complexity index is 306. The molecule has 2 nitrogen and oxygen atoms in total. The van der Waals surface area contributed by atoms with Crippen LogP contribution in [0.1, 0.15) is 18.4 Å². The van der Waals surface area contributed by atoms with Crippen LogP contribution in [-0.2, 0) is 11.2 Å². The molecule has 1 aromatic rings. The molecule has 0 spiro atoms. The molecule has 1 amide bonds. The van der Waals surface area contributed by atoms with Crippen molar-refractivity contribution in [3.8, 4) is 0 Å². The minimum atomic E-state index is 0.783. The van der Waals surface area contributed by atoms with Crippen molar-refractivity contribution in [1.29, 1.82) is 0 Å².